The molecule has 1 saturated heterocycles. The first-order valence-corrected chi connectivity index (χ1v) is 15.6. The van der Waals surface area contributed by atoms with E-state index in [0.29, 0.717) is 12.0 Å². The number of esters is 1. The molecule has 8 nitrogen and oxygen atoms in total. The quantitative estimate of drug-likeness (QED) is 0.318. The van der Waals surface area contributed by atoms with Crippen LogP contribution in [0.2, 0.25) is 10.0 Å². The van der Waals surface area contributed by atoms with Crippen molar-refractivity contribution >= 4 is 45.1 Å². The van der Waals surface area contributed by atoms with Gasteiger partial charge in [-0.1, -0.05) is 65.7 Å². The molecule has 3 aromatic carbocycles. The molecule has 220 valence electrons. The van der Waals surface area contributed by atoms with Crippen molar-refractivity contribution in [3.05, 3.63) is 87.9 Å². The molecule has 11 heteroatoms. The number of carbonyl (C=O) groups excluding carboxylic acids is 2. The van der Waals surface area contributed by atoms with Gasteiger partial charge in [-0.25, -0.2) is 13.2 Å². The minimum Gasteiger partial charge on any atom is -0.458 e. The molecule has 0 radical (unpaired) electrons. The van der Waals surface area contributed by atoms with Gasteiger partial charge in [-0.3, -0.25) is 4.79 Å². The third-order valence-corrected chi connectivity index (χ3v) is 9.03. The largest absolute Gasteiger partial charge is 0.458 e. The Morgan fingerprint density at radius 1 is 1.07 bits per heavy atom. The van der Waals surface area contributed by atoms with Gasteiger partial charge in [-0.05, 0) is 74.6 Å². The van der Waals surface area contributed by atoms with Crippen LogP contribution in [-0.2, 0) is 30.8 Å². The van der Waals surface area contributed by atoms with E-state index >= 15 is 0 Å². The summed E-state index contributed by atoms with van der Waals surface area (Å²) in [6, 6.07) is 18.7. The van der Waals surface area contributed by atoms with Crippen molar-refractivity contribution < 1.29 is 22.7 Å². The summed E-state index contributed by atoms with van der Waals surface area (Å²) in [4.78, 5) is 26.7. The normalized spacial score (nSPS) is 16.4. The van der Waals surface area contributed by atoms with Crippen LogP contribution in [-0.4, -0.2) is 48.8 Å². The van der Waals surface area contributed by atoms with E-state index < -0.39 is 39.6 Å². The lowest BCUT2D eigenvalue weighted by Gasteiger charge is -2.28. The van der Waals surface area contributed by atoms with Gasteiger partial charge in [-0.2, -0.15) is 9.57 Å². The summed E-state index contributed by atoms with van der Waals surface area (Å²) >= 11 is 12.1. The summed E-state index contributed by atoms with van der Waals surface area (Å²) < 4.78 is 33.6. The van der Waals surface area contributed by atoms with E-state index in [0.717, 1.165) is 21.0 Å². The SMILES string of the molecule is CC(C)(C)OC(=O)[C@H](Cc1ccc(-c2ccccc2C#N)cc1)NC(=O)[C@@H]1CCCN1S(=O)(=O)c1cc(Cl)cc(Cl)c1. The van der Waals surface area contributed by atoms with Crippen LogP contribution in [0.15, 0.2) is 71.6 Å². The Bertz CT molecular complexity index is 1610. The van der Waals surface area contributed by atoms with Crippen LogP contribution in [0.1, 0.15) is 44.7 Å². The zero-order valence-electron chi connectivity index (χ0n) is 23.4. The molecule has 1 amide bonds. The first-order chi connectivity index (χ1) is 19.8. The van der Waals surface area contributed by atoms with Gasteiger partial charge in [0.15, 0.2) is 0 Å². The number of halogens is 2. The fourth-order valence-corrected chi connectivity index (χ4v) is 7.21. The Morgan fingerprint density at radius 2 is 1.71 bits per heavy atom. The lowest BCUT2D eigenvalue weighted by atomic mass is 9.97. The van der Waals surface area contributed by atoms with Crippen molar-refractivity contribution in [2.45, 2.75) is 62.6 Å². The minimum absolute atomic E-state index is 0.110. The number of hydrogen-bond donors (Lipinski definition) is 1. The highest BCUT2D eigenvalue weighted by molar-refractivity contribution is 7.89. The molecule has 3 aromatic rings. The molecule has 1 aliphatic heterocycles. The summed E-state index contributed by atoms with van der Waals surface area (Å²) in [6.45, 7) is 5.32. The number of nitrogens with one attached hydrogen (secondary N) is 1. The van der Waals surface area contributed by atoms with Gasteiger partial charge in [0, 0.05) is 23.0 Å². The van der Waals surface area contributed by atoms with Gasteiger partial charge in [0.25, 0.3) is 0 Å². The Kier molecular flexibility index (Phi) is 9.63. The number of ether oxygens (including phenoxy) is 1. The first-order valence-electron chi connectivity index (χ1n) is 13.4. The van der Waals surface area contributed by atoms with Crippen molar-refractivity contribution in [1.82, 2.24) is 9.62 Å². The molecule has 1 aliphatic rings. The fourth-order valence-electron chi connectivity index (χ4n) is 4.83. The van der Waals surface area contributed by atoms with Crippen molar-refractivity contribution in [1.29, 1.82) is 5.26 Å². The fraction of sp³-hybridized carbons (Fsp3) is 0.323. The molecular weight excluding hydrogens is 597 g/mol. The number of nitrogens with zero attached hydrogens (tertiary/aromatic N) is 2. The number of benzene rings is 3. The molecule has 1 N–H and O–H groups in total. The zero-order valence-corrected chi connectivity index (χ0v) is 25.8. The predicted molar refractivity (Wildman–Crippen MR) is 161 cm³/mol. The van der Waals surface area contributed by atoms with E-state index in [1.807, 2.05) is 36.4 Å². The number of nitriles is 1. The average Bonchev–Trinajstić information content (AvgIpc) is 3.43. The van der Waals surface area contributed by atoms with E-state index in [1.54, 1.807) is 32.9 Å². The van der Waals surface area contributed by atoms with E-state index in [4.69, 9.17) is 27.9 Å². The molecule has 0 bridgehead atoms. The third-order valence-electron chi connectivity index (χ3n) is 6.71. The van der Waals surface area contributed by atoms with Crippen LogP contribution < -0.4 is 5.32 Å². The summed E-state index contributed by atoms with van der Waals surface area (Å²) in [5, 5.41) is 12.5. The molecule has 0 aliphatic carbocycles. The van der Waals surface area contributed by atoms with Gasteiger partial charge in [0.05, 0.1) is 16.5 Å². The Morgan fingerprint density at radius 3 is 2.33 bits per heavy atom. The lowest BCUT2D eigenvalue weighted by Crippen LogP contribution is -2.52. The molecule has 0 unspecified atom stereocenters. The second-order valence-corrected chi connectivity index (χ2v) is 13.8. The monoisotopic (exact) mass is 627 g/mol. The van der Waals surface area contributed by atoms with Gasteiger partial charge in [-0.15, -0.1) is 0 Å². The predicted octanol–water partition coefficient (Wildman–Crippen LogP) is 5.75. The molecule has 4 rings (SSSR count). The van der Waals surface area contributed by atoms with Crippen LogP contribution in [0, 0.1) is 11.3 Å². The Labute approximate surface area is 256 Å². The minimum atomic E-state index is -4.09. The summed E-state index contributed by atoms with van der Waals surface area (Å²) in [5.41, 5.74) is 2.10. The van der Waals surface area contributed by atoms with Crippen LogP contribution >= 0.6 is 23.2 Å². The van der Waals surface area contributed by atoms with Crippen molar-refractivity contribution in [3.8, 4) is 17.2 Å². The topological polar surface area (TPSA) is 117 Å². The van der Waals surface area contributed by atoms with Gasteiger partial charge < -0.3 is 10.1 Å². The maximum atomic E-state index is 13.5. The number of carbonyl (C=O) groups is 2. The second kappa shape index (κ2) is 12.8. The third kappa shape index (κ3) is 7.50. The van der Waals surface area contributed by atoms with Crippen LogP contribution in [0.5, 0.6) is 0 Å². The summed E-state index contributed by atoms with van der Waals surface area (Å²) in [6.07, 6.45) is 0.867. The van der Waals surface area contributed by atoms with Gasteiger partial charge >= 0.3 is 5.97 Å². The number of rotatable bonds is 8. The first kappa shape index (κ1) is 31.5. The van der Waals surface area contributed by atoms with Crippen molar-refractivity contribution in [2.75, 3.05) is 6.54 Å². The maximum Gasteiger partial charge on any atom is 0.329 e. The molecule has 0 spiro atoms. The highest BCUT2D eigenvalue weighted by Crippen LogP contribution is 2.30. The Balaban J connectivity index is 1.57. The number of sulfonamides is 1. The Hall–Kier alpha value is -3.42. The van der Waals surface area contributed by atoms with E-state index in [2.05, 4.69) is 11.4 Å². The van der Waals surface area contributed by atoms with Crippen LogP contribution in [0.25, 0.3) is 11.1 Å². The summed E-state index contributed by atoms with van der Waals surface area (Å²) in [7, 11) is -4.09. The van der Waals surface area contributed by atoms with E-state index in [1.165, 1.54) is 18.2 Å². The van der Waals surface area contributed by atoms with E-state index in [9.17, 15) is 23.3 Å². The van der Waals surface area contributed by atoms with Crippen molar-refractivity contribution in [2.24, 2.45) is 0 Å². The molecular formula is C31H31Cl2N3O5S. The molecule has 0 saturated carbocycles. The molecule has 1 fully saturated rings. The molecule has 0 aromatic heterocycles. The van der Waals surface area contributed by atoms with Gasteiger partial charge in [0.1, 0.15) is 17.7 Å². The average molecular weight is 629 g/mol. The standard InChI is InChI=1S/C31H31Cl2N3O5S/c1-31(2,3)41-30(38)27(15-20-10-12-21(13-11-20)26-8-5-4-7-22(26)19-34)35-29(37)28-9-6-14-36(28)42(39,40)25-17-23(32)16-24(33)18-25/h4-5,7-8,10-13,16-18,27-28H,6,9,14-15H2,1-3H3,(H,35,37)/t27-,28-/m0/s1. The highest BCUT2D eigenvalue weighted by Gasteiger charge is 2.41. The van der Waals surface area contributed by atoms with Gasteiger partial charge in [0.2, 0.25) is 15.9 Å². The van der Waals surface area contributed by atoms with E-state index in [-0.39, 0.29) is 34.3 Å². The number of amides is 1. The molecule has 2 atom stereocenters. The zero-order chi connectivity index (χ0) is 30.7. The highest BCUT2D eigenvalue weighted by atomic mass is 35.5. The molecule has 42 heavy (non-hydrogen) atoms. The lowest BCUT2D eigenvalue weighted by molar-refractivity contribution is -0.158. The maximum absolute atomic E-state index is 13.5. The van der Waals surface area contributed by atoms with Crippen LogP contribution in [0.3, 0.4) is 0 Å². The van der Waals surface area contributed by atoms with Crippen LogP contribution in [0.4, 0.5) is 0 Å². The second-order valence-electron chi connectivity index (χ2n) is 11.0. The number of hydrogen-bond acceptors (Lipinski definition) is 6. The van der Waals surface area contributed by atoms with Crippen molar-refractivity contribution in [3.63, 3.8) is 0 Å². The smallest absolute Gasteiger partial charge is 0.329 e. The summed E-state index contributed by atoms with van der Waals surface area (Å²) in [5.74, 6) is -1.23. The molecule has 1 heterocycles.